The predicted octanol–water partition coefficient (Wildman–Crippen LogP) is 2.08. The molecule has 146 valence electrons. The Bertz CT molecular complexity index is 1150. The summed E-state index contributed by atoms with van der Waals surface area (Å²) in [5.41, 5.74) is 1.70. The van der Waals surface area contributed by atoms with E-state index < -0.39 is 11.1 Å². The number of carbonyl (C=O) groups excluding carboxylic acids is 1. The Balaban J connectivity index is 1.82. The monoisotopic (exact) mass is 398 g/mol. The van der Waals surface area contributed by atoms with Crippen molar-refractivity contribution in [3.8, 4) is 0 Å². The van der Waals surface area contributed by atoms with Crippen LogP contribution >= 0.6 is 11.3 Å². The molecule has 0 unspecified atom stereocenters. The molecule has 0 bridgehead atoms. The van der Waals surface area contributed by atoms with Gasteiger partial charge in [0.25, 0.3) is 0 Å². The van der Waals surface area contributed by atoms with Gasteiger partial charge in [0.15, 0.2) is 0 Å². The largest absolute Gasteiger partial charge is 0.370 e. The molecule has 1 fully saturated rings. The van der Waals surface area contributed by atoms with E-state index in [1.165, 1.54) is 9.13 Å². The normalized spacial score (nSPS) is 14.0. The van der Waals surface area contributed by atoms with Crippen molar-refractivity contribution in [3.63, 3.8) is 0 Å². The van der Waals surface area contributed by atoms with E-state index >= 15 is 0 Å². The van der Waals surface area contributed by atoms with Crippen LogP contribution < -0.4 is 21.3 Å². The molecule has 2 aromatic heterocycles. The van der Waals surface area contributed by atoms with Crippen molar-refractivity contribution in [2.75, 3.05) is 23.3 Å². The molecule has 1 aromatic carbocycles. The van der Waals surface area contributed by atoms with E-state index in [1.54, 1.807) is 31.5 Å². The van der Waals surface area contributed by atoms with Gasteiger partial charge in [0, 0.05) is 32.1 Å². The highest BCUT2D eigenvalue weighted by Gasteiger charge is 2.20. The summed E-state index contributed by atoms with van der Waals surface area (Å²) in [6.45, 7) is 1.80. The van der Waals surface area contributed by atoms with E-state index in [0.29, 0.717) is 23.1 Å². The van der Waals surface area contributed by atoms with Gasteiger partial charge in [-0.3, -0.25) is 14.4 Å². The minimum Gasteiger partial charge on any atom is -0.370 e. The Kier molecular flexibility index (Phi) is 4.80. The fraction of sp³-hybridized carbons (Fsp3) is 0.350. The zero-order valence-electron chi connectivity index (χ0n) is 15.9. The Morgan fingerprint density at radius 1 is 1.07 bits per heavy atom. The maximum Gasteiger partial charge on any atom is 0.316 e. The maximum absolute atomic E-state index is 12.6. The number of fused-ring (bicyclic) bond motifs is 1. The molecule has 0 aliphatic carbocycles. The highest BCUT2D eigenvalue weighted by molar-refractivity contribution is 7.10. The quantitative estimate of drug-likeness (QED) is 0.683. The molecule has 0 spiro atoms. The summed E-state index contributed by atoms with van der Waals surface area (Å²) < 4.78 is 2.73. The summed E-state index contributed by atoms with van der Waals surface area (Å²) in [5.74, 6) is -0.0999. The van der Waals surface area contributed by atoms with Crippen LogP contribution in [0.2, 0.25) is 0 Å². The van der Waals surface area contributed by atoms with Crippen LogP contribution in [0.5, 0.6) is 0 Å². The lowest BCUT2D eigenvalue weighted by atomic mass is 10.2. The van der Waals surface area contributed by atoms with Crippen LogP contribution in [0.1, 0.15) is 17.7 Å². The lowest BCUT2D eigenvalue weighted by Crippen LogP contribution is -2.39. The predicted molar refractivity (Wildman–Crippen MR) is 113 cm³/mol. The number of rotatable bonds is 4. The van der Waals surface area contributed by atoms with Gasteiger partial charge in [0.2, 0.25) is 5.91 Å². The van der Waals surface area contributed by atoms with E-state index in [0.717, 1.165) is 36.5 Å². The lowest BCUT2D eigenvalue weighted by molar-refractivity contribution is -0.115. The Hall–Kier alpha value is -2.87. The molecule has 1 aliphatic rings. The molecule has 3 heterocycles. The van der Waals surface area contributed by atoms with Crippen molar-refractivity contribution in [2.45, 2.75) is 19.3 Å². The standard InChI is InChI=1S/C20H22N4O3S/c1-22-16-11-14(21-18(25)10-13-6-5-9-28-13)15(24-7-3-4-8-24)12-17(16)23(2)20(27)19(22)26/h5-6,9,11-12H,3-4,7-8,10H2,1-2H3,(H,21,25). The summed E-state index contributed by atoms with van der Waals surface area (Å²) in [6, 6.07) is 7.57. The van der Waals surface area contributed by atoms with Crippen LogP contribution in [-0.2, 0) is 25.3 Å². The molecule has 4 rings (SSSR count). The number of aromatic nitrogens is 2. The van der Waals surface area contributed by atoms with Crippen molar-refractivity contribution >= 4 is 39.7 Å². The van der Waals surface area contributed by atoms with Crippen molar-refractivity contribution in [1.82, 2.24) is 9.13 Å². The third-order valence-corrected chi connectivity index (χ3v) is 6.12. The summed E-state index contributed by atoms with van der Waals surface area (Å²) in [4.78, 5) is 40.3. The number of thiophene rings is 1. The first kappa shape index (κ1) is 18.5. The number of hydrogen-bond donors (Lipinski definition) is 1. The Labute approximate surface area is 165 Å². The minimum absolute atomic E-state index is 0.0999. The van der Waals surface area contributed by atoms with Crippen molar-refractivity contribution in [3.05, 3.63) is 55.2 Å². The number of nitrogens with zero attached hydrogens (tertiary/aromatic N) is 3. The van der Waals surface area contributed by atoms with E-state index in [9.17, 15) is 14.4 Å². The van der Waals surface area contributed by atoms with Crippen LogP contribution in [-0.4, -0.2) is 28.1 Å². The summed E-state index contributed by atoms with van der Waals surface area (Å²) in [6.07, 6.45) is 2.49. The van der Waals surface area contributed by atoms with Crippen LogP contribution in [0, 0.1) is 0 Å². The molecular weight excluding hydrogens is 376 g/mol. The number of aryl methyl sites for hydroxylation is 2. The number of hydrogen-bond acceptors (Lipinski definition) is 5. The van der Waals surface area contributed by atoms with Crippen LogP contribution in [0.15, 0.2) is 39.2 Å². The highest BCUT2D eigenvalue weighted by atomic mass is 32.1. The van der Waals surface area contributed by atoms with Gasteiger partial charge in [-0.15, -0.1) is 11.3 Å². The van der Waals surface area contributed by atoms with E-state index in [-0.39, 0.29) is 5.91 Å². The second-order valence-corrected chi connectivity index (χ2v) is 8.12. The smallest absolute Gasteiger partial charge is 0.316 e. The van der Waals surface area contributed by atoms with Gasteiger partial charge in [-0.05, 0) is 36.4 Å². The second-order valence-electron chi connectivity index (χ2n) is 7.08. The van der Waals surface area contributed by atoms with Crippen LogP contribution in [0.4, 0.5) is 11.4 Å². The van der Waals surface area contributed by atoms with Crippen molar-refractivity contribution in [2.24, 2.45) is 14.1 Å². The Morgan fingerprint density at radius 2 is 1.71 bits per heavy atom. The third-order valence-electron chi connectivity index (χ3n) is 5.24. The second kappa shape index (κ2) is 7.27. The van der Waals surface area contributed by atoms with Crippen molar-refractivity contribution < 1.29 is 4.79 Å². The SMILES string of the molecule is Cn1c(=O)c(=O)n(C)c2cc(N3CCCC3)c(NC(=O)Cc3cccs3)cc21. The summed E-state index contributed by atoms with van der Waals surface area (Å²) >= 11 is 1.55. The third kappa shape index (κ3) is 3.24. The molecule has 8 heteroatoms. The van der Waals surface area contributed by atoms with Gasteiger partial charge in [0.1, 0.15) is 0 Å². The fourth-order valence-corrected chi connectivity index (χ4v) is 4.40. The fourth-order valence-electron chi connectivity index (χ4n) is 3.69. The molecule has 28 heavy (non-hydrogen) atoms. The first-order valence-electron chi connectivity index (χ1n) is 9.26. The molecule has 3 aromatic rings. The van der Waals surface area contributed by atoms with Crippen LogP contribution in [0.25, 0.3) is 11.0 Å². The van der Waals surface area contributed by atoms with Crippen LogP contribution in [0.3, 0.4) is 0 Å². The molecular formula is C20H22N4O3S. The number of anilines is 2. The summed E-state index contributed by atoms with van der Waals surface area (Å²) in [7, 11) is 3.19. The first-order valence-corrected chi connectivity index (χ1v) is 10.1. The van der Waals surface area contributed by atoms with Gasteiger partial charge >= 0.3 is 11.1 Å². The van der Waals surface area contributed by atoms with E-state index in [2.05, 4.69) is 10.2 Å². The average molecular weight is 398 g/mol. The molecule has 0 atom stereocenters. The number of benzene rings is 1. The average Bonchev–Trinajstić information content (AvgIpc) is 3.38. The van der Waals surface area contributed by atoms with E-state index in [1.807, 2.05) is 23.6 Å². The molecule has 1 N–H and O–H groups in total. The number of carbonyl (C=O) groups is 1. The highest BCUT2D eigenvalue weighted by Crippen LogP contribution is 2.33. The Morgan fingerprint density at radius 3 is 2.32 bits per heavy atom. The zero-order valence-corrected chi connectivity index (χ0v) is 16.7. The van der Waals surface area contributed by atoms with Gasteiger partial charge in [0.05, 0.1) is 28.8 Å². The minimum atomic E-state index is -0.584. The van der Waals surface area contributed by atoms with Gasteiger partial charge < -0.3 is 19.4 Å². The number of nitrogens with one attached hydrogen (secondary N) is 1. The lowest BCUT2D eigenvalue weighted by Gasteiger charge is -2.23. The number of amides is 1. The first-order chi connectivity index (χ1) is 13.5. The zero-order chi connectivity index (χ0) is 19.8. The summed E-state index contributed by atoms with van der Waals surface area (Å²) in [5, 5.41) is 4.97. The van der Waals surface area contributed by atoms with Crippen molar-refractivity contribution in [1.29, 1.82) is 0 Å². The molecule has 0 saturated carbocycles. The molecule has 0 radical (unpaired) electrons. The van der Waals surface area contributed by atoms with Gasteiger partial charge in [-0.2, -0.15) is 0 Å². The molecule has 7 nitrogen and oxygen atoms in total. The van der Waals surface area contributed by atoms with Gasteiger partial charge in [-0.1, -0.05) is 6.07 Å². The van der Waals surface area contributed by atoms with Gasteiger partial charge in [-0.25, -0.2) is 0 Å². The maximum atomic E-state index is 12.6. The topological polar surface area (TPSA) is 76.3 Å². The van der Waals surface area contributed by atoms with E-state index in [4.69, 9.17) is 0 Å². The molecule has 1 aliphatic heterocycles. The molecule has 1 amide bonds. The molecule has 1 saturated heterocycles.